The van der Waals surface area contributed by atoms with Gasteiger partial charge < -0.3 is 15.0 Å². The van der Waals surface area contributed by atoms with Crippen LogP contribution in [0.25, 0.3) is 21.8 Å². The lowest BCUT2D eigenvalue weighted by Crippen LogP contribution is -2.13. The van der Waals surface area contributed by atoms with Crippen molar-refractivity contribution in [1.82, 2.24) is 4.98 Å². The molecule has 24 heavy (non-hydrogen) atoms. The van der Waals surface area contributed by atoms with Crippen molar-refractivity contribution in [1.29, 1.82) is 0 Å². The number of aromatic nitrogens is 1. The Balaban J connectivity index is 1.85. The molecule has 0 saturated carbocycles. The second-order valence-corrected chi connectivity index (χ2v) is 5.70. The number of ether oxygens (including phenoxy) is 1. The van der Waals surface area contributed by atoms with E-state index in [0.717, 1.165) is 22.8 Å². The second kappa shape index (κ2) is 6.74. The van der Waals surface area contributed by atoms with Crippen molar-refractivity contribution in [3.63, 3.8) is 0 Å². The monoisotopic (exact) mass is 324 g/mol. The van der Waals surface area contributed by atoms with Gasteiger partial charge in [0.05, 0.1) is 13.5 Å². The number of rotatable bonds is 5. The number of carbonyl (C=O) groups excluding carboxylic acids is 2. The van der Waals surface area contributed by atoms with Crippen LogP contribution in [0.2, 0.25) is 0 Å². The summed E-state index contributed by atoms with van der Waals surface area (Å²) in [6, 6.07) is 12.1. The first-order valence-corrected chi connectivity index (χ1v) is 8.02. The molecule has 5 heteroatoms. The summed E-state index contributed by atoms with van der Waals surface area (Å²) >= 11 is 0. The first-order chi connectivity index (χ1) is 11.6. The Morgan fingerprint density at radius 2 is 1.96 bits per heavy atom. The Kier molecular flexibility index (Phi) is 4.51. The van der Waals surface area contributed by atoms with Crippen LogP contribution < -0.4 is 5.32 Å². The van der Waals surface area contributed by atoms with Crippen molar-refractivity contribution in [3.05, 3.63) is 42.0 Å². The summed E-state index contributed by atoms with van der Waals surface area (Å²) in [4.78, 5) is 26.5. The maximum Gasteiger partial charge on any atom is 0.306 e. The zero-order valence-corrected chi connectivity index (χ0v) is 13.8. The molecule has 3 rings (SSSR count). The molecule has 2 N–H and O–H groups in total. The smallest absolute Gasteiger partial charge is 0.306 e. The standard InChI is InChI=1S/C19H20N2O3/c1-3-12-5-4-6-15-14-8-7-13(11-16(14)21-19(12)15)20-17(22)9-10-18(23)24-2/h4-8,11,21H,3,9-10H2,1-2H3,(H,20,22). The third kappa shape index (κ3) is 3.11. The number of methoxy groups -OCH3 is 1. The highest BCUT2D eigenvalue weighted by atomic mass is 16.5. The molecule has 1 heterocycles. The van der Waals surface area contributed by atoms with E-state index in [1.54, 1.807) is 0 Å². The minimum atomic E-state index is -0.386. The topological polar surface area (TPSA) is 71.2 Å². The minimum Gasteiger partial charge on any atom is -0.469 e. The number of amides is 1. The van der Waals surface area contributed by atoms with E-state index in [9.17, 15) is 9.59 Å². The van der Waals surface area contributed by atoms with E-state index in [4.69, 9.17) is 0 Å². The number of hydrogen-bond donors (Lipinski definition) is 2. The molecule has 0 aliphatic rings. The fourth-order valence-electron chi connectivity index (χ4n) is 2.90. The molecule has 2 aromatic carbocycles. The largest absolute Gasteiger partial charge is 0.469 e. The number of fused-ring (bicyclic) bond motifs is 3. The molecule has 0 atom stereocenters. The summed E-state index contributed by atoms with van der Waals surface area (Å²) in [5.41, 5.74) is 4.11. The number of carbonyl (C=O) groups is 2. The van der Waals surface area contributed by atoms with E-state index in [2.05, 4.69) is 40.2 Å². The van der Waals surface area contributed by atoms with Crippen molar-refractivity contribution in [2.75, 3.05) is 12.4 Å². The van der Waals surface area contributed by atoms with E-state index < -0.39 is 0 Å². The Bertz CT molecular complexity index is 912. The Labute approximate surface area is 140 Å². The zero-order valence-electron chi connectivity index (χ0n) is 13.8. The third-order valence-electron chi connectivity index (χ3n) is 4.17. The number of aryl methyl sites for hydroxylation is 1. The SMILES string of the molecule is CCc1cccc2c1[nH]c1cc(NC(=O)CCC(=O)OC)ccc12. The molecule has 0 saturated heterocycles. The van der Waals surface area contributed by atoms with Gasteiger partial charge in [0.15, 0.2) is 0 Å². The number of anilines is 1. The van der Waals surface area contributed by atoms with Gasteiger partial charge in [-0.05, 0) is 24.1 Å². The molecule has 0 aliphatic heterocycles. The summed E-state index contributed by atoms with van der Waals surface area (Å²) < 4.78 is 4.54. The van der Waals surface area contributed by atoms with E-state index in [1.165, 1.54) is 18.1 Å². The molecule has 0 fully saturated rings. The van der Waals surface area contributed by atoms with Crippen molar-refractivity contribution < 1.29 is 14.3 Å². The van der Waals surface area contributed by atoms with E-state index in [-0.39, 0.29) is 24.7 Å². The number of aromatic amines is 1. The predicted molar refractivity (Wildman–Crippen MR) is 95.1 cm³/mol. The summed E-state index contributed by atoms with van der Waals surface area (Å²) in [6.07, 6.45) is 1.15. The van der Waals surface area contributed by atoms with Gasteiger partial charge in [0, 0.05) is 33.9 Å². The highest BCUT2D eigenvalue weighted by Gasteiger charge is 2.10. The van der Waals surface area contributed by atoms with Gasteiger partial charge in [-0.25, -0.2) is 0 Å². The normalized spacial score (nSPS) is 10.9. The van der Waals surface area contributed by atoms with Crippen LogP contribution in [-0.4, -0.2) is 24.0 Å². The predicted octanol–water partition coefficient (Wildman–Crippen LogP) is 3.78. The fraction of sp³-hybridized carbons (Fsp3) is 0.263. The molecular formula is C19H20N2O3. The summed E-state index contributed by atoms with van der Waals surface area (Å²) in [5.74, 6) is -0.589. The lowest BCUT2D eigenvalue weighted by Gasteiger charge is -2.05. The van der Waals surface area contributed by atoms with Crippen LogP contribution in [0.4, 0.5) is 5.69 Å². The molecule has 5 nitrogen and oxygen atoms in total. The van der Waals surface area contributed by atoms with Crippen LogP contribution in [0.5, 0.6) is 0 Å². The van der Waals surface area contributed by atoms with Gasteiger partial charge in [0.1, 0.15) is 0 Å². The Morgan fingerprint density at radius 3 is 2.71 bits per heavy atom. The third-order valence-corrected chi connectivity index (χ3v) is 4.17. The zero-order chi connectivity index (χ0) is 17.1. The van der Waals surface area contributed by atoms with Gasteiger partial charge in [0.25, 0.3) is 0 Å². The van der Waals surface area contributed by atoms with Crippen molar-refractivity contribution in [3.8, 4) is 0 Å². The van der Waals surface area contributed by atoms with Crippen molar-refractivity contribution in [2.24, 2.45) is 0 Å². The molecule has 1 amide bonds. The Hall–Kier alpha value is -2.82. The lowest BCUT2D eigenvalue weighted by atomic mass is 10.1. The van der Waals surface area contributed by atoms with E-state index in [0.29, 0.717) is 5.69 Å². The lowest BCUT2D eigenvalue weighted by molar-refractivity contribution is -0.141. The average molecular weight is 324 g/mol. The van der Waals surface area contributed by atoms with Gasteiger partial charge in [-0.15, -0.1) is 0 Å². The molecule has 0 spiro atoms. The molecule has 124 valence electrons. The number of H-pyrrole nitrogens is 1. The first kappa shape index (κ1) is 16.1. The highest BCUT2D eigenvalue weighted by Crippen LogP contribution is 2.29. The van der Waals surface area contributed by atoms with Gasteiger partial charge in [-0.3, -0.25) is 9.59 Å². The van der Waals surface area contributed by atoms with Gasteiger partial charge in [0.2, 0.25) is 5.91 Å². The van der Waals surface area contributed by atoms with E-state index in [1.807, 2.05) is 18.2 Å². The number of benzene rings is 2. The van der Waals surface area contributed by atoms with E-state index >= 15 is 0 Å². The van der Waals surface area contributed by atoms with Crippen molar-refractivity contribution in [2.45, 2.75) is 26.2 Å². The van der Waals surface area contributed by atoms with Crippen LogP contribution >= 0.6 is 0 Å². The molecule has 0 unspecified atom stereocenters. The van der Waals surface area contributed by atoms with Crippen LogP contribution in [-0.2, 0) is 20.7 Å². The fourth-order valence-corrected chi connectivity index (χ4v) is 2.90. The Morgan fingerprint density at radius 1 is 1.12 bits per heavy atom. The van der Waals surface area contributed by atoms with Crippen molar-refractivity contribution >= 4 is 39.4 Å². The number of esters is 1. The van der Waals surface area contributed by atoms with Crippen LogP contribution in [0.1, 0.15) is 25.3 Å². The number of hydrogen-bond acceptors (Lipinski definition) is 3. The summed E-state index contributed by atoms with van der Waals surface area (Å²) in [6.45, 7) is 2.13. The first-order valence-electron chi connectivity index (χ1n) is 8.02. The number of nitrogens with one attached hydrogen (secondary N) is 2. The second-order valence-electron chi connectivity index (χ2n) is 5.70. The van der Waals surface area contributed by atoms with Gasteiger partial charge >= 0.3 is 5.97 Å². The van der Waals surface area contributed by atoms with Crippen LogP contribution in [0.15, 0.2) is 36.4 Å². The molecular weight excluding hydrogens is 304 g/mol. The summed E-state index contributed by atoms with van der Waals surface area (Å²) in [5, 5.41) is 5.14. The minimum absolute atomic E-state index is 0.0802. The molecule has 0 bridgehead atoms. The molecule has 0 aliphatic carbocycles. The molecule has 3 aromatic rings. The maximum atomic E-state index is 11.9. The van der Waals surface area contributed by atoms with Gasteiger partial charge in [-0.2, -0.15) is 0 Å². The summed E-state index contributed by atoms with van der Waals surface area (Å²) in [7, 11) is 1.31. The van der Waals surface area contributed by atoms with Crippen LogP contribution in [0.3, 0.4) is 0 Å². The molecule has 1 aromatic heterocycles. The van der Waals surface area contributed by atoms with Crippen LogP contribution in [0, 0.1) is 0 Å². The maximum absolute atomic E-state index is 11.9. The number of para-hydroxylation sites is 1. The quantitative estimate of drug-likeness (QED) is 0.702. The molecule has 0 radical (unpaired) electrons. The average Bonchev–Trinajstić information content (AvgIpc) is 2.97. The highest BCUT2D eigenvalue weighted by molar-refractivity contribution is 6.09. The van der Waals surface area contributed by atoms with Gasteiger partial charge in [-0.1, -0.05) is 31.2 Å².